The molecule has 0 atom stereocenters. The second-order valence-corrected chi connectivity index (χ2v) is 4.97. The largest absolute Gasteiger partial charge is 0.481 e. The van der Waals surface area contributed by atoms with E-state index in [-0.39, 0.29) is 12.8 Å². The summed E-state index contributed by atoms with van der Waals surface area (Å²) in [6, 6.07) is 0. The SMILES string of the molecule is CCCCCCCCCC(=O)O.FC1(F)CCC1. The van der Waals surface area contributed by atoms with Crippen molar-refractivity contribution in [2.24, 2.45) is 0 Å². The molecule has 2 nitrogen and oxygen atoms in total. The van der Waals surface area contributed by atoms with Crippen molar-refractivity contribution in [2.75, 3.05) is 0 Å². The Labute approximate surface area is 109 Å². The normalized spacial score (nSPS) is 16.4. The molecule has 0 bridgehead atoms. The van der Waals surface area contributed by atoms with E-state index < -0.39 is 11.9 Å². The third-order valence-corrected chi connectivity index (χ3v) is 3.08. The third kappa shape index (κ3) is 11.8. The summed E-state index contributed by atoms with van der Waals surface area (Å²) in [6.45, 7) is 2.20. The topological polar surface area (TPSA) is 37.3 Å². The summed E-state index contributed by atoms with van der Waals surface area (Å²) < 4.78 is 23.1. The number of halogens is 2. The molecule has 1 rings (SSSR count). The number of carbonyl (C=O) groups is 1. The van der Waals surface area contributed by atoms with Gasteiger partial charge in [0.15, 0.2) is 0 Å². The monoisotopic (exact) mass is 264 g/mol. The first-order valence-corrected chi connectivity index (χ1v) is 7.07. The number of hydrogen-bond acceptors (Lipinski definition) is 1. The second kappa shape index (κ2) is 10.3. The van der Waals surface area contributed by atoms with Crippen molar-refractivity contribution in [3.05, 3.63) is 0 Å². The molecule has 0 saturated heterocycles. The highest BCUT2D eigenvalue weighted by atomic mass is 19.3. The van der Waals surface area contributed by atoms with Crippen molar-refractivity contribution in [3.8, 4) is 0 Å². The zero-order chi connectivity index (χ0) is 13.9. The van der Waals surface area contributed by atoms with Crippen molar-refractivity contribution < 1.29 is 18.7 Å². The first-order chi connectivity index (χ1) is 8.48. The highest BCUT2D eigenvalue weighted by Gasteiger charge is 2.36. The fourth-order valence-electron chi connectivity index (χ4n) is 1.68. The van der Waals surface area contributed by atoms with Crippen LogP contribution in [0.3, 0.4) is 0 Å². The molecule has 1 fully saturated rings. The van der Waals surface area contributed by atoms with E-state index in [0.717, 1.165) is 12.8 Å². The maximum Gasteiger partial charge on any atom is 0.303 e. The van der Waals surface area contributed by atoms with Gasteiger partial charge in [-0.3, -0.25) is 4.79 Å². The lowest BCUT2D eigenvalue weighted by atomic mass is 9.95. The van der Waals surface area contributed by atoms with Gasteiger partial charge < -0.3 is 5.11 Å². The molecule has 0 aliphatic heterocycles. The van der Waals surface area contributed by atoms with Gasteiger partial charge in [0.05, 0.1) is 0 Å². The first-order valence-electron chi connectivity index (χ1n) is 7.07. The molecule has 1 aliphatic carbocycles. The van der Waals surface area contributed by atoms with Crippen LogP contribution in [0.15, 0.2) is 0 Å². The van der Waals surface area contributed by atoms with Crippen LogP contribution in [0.1, 0.15) is 77.6 Å². The van der Waals surface area contributed by atoms with Gasteiger partial charge in [-0.25, -0.2) is 8.78 Å². The average molecular weight is 264 g/mol. The van der Waals surface area contributed by atoms with Crippen LogP contribution in [0.25, 0.3) is 0 Å². The van der Waals surface area contributed by atoms with Gasteiger partial charge in [0, 0.05) is 19.3 Å². The lowest BCUT2D eigenvalue weighted by molar-refractivity contribution is -0.137. The summed E-state index contributed by atoms with van der Waals surface area (Å²) >= 11 is 0. The van der Waals surface area contributed by atoms with E-state index >= 15 is 0 Å². The van der Waals surface area contributed by atoms with Gasteiger partial charge in [0.1, 0.15) is 0 Å². The van der Waals surface area contributed by atoms with E-state index in [1.165, 1.54) is 32.1 Å². The van der Waals surface area contributed by atoms with Crippen LogP contribution < -0.4 is 0 Å². The Bertz CT molecular complexity index is 212. The molecular formula is C14H26F2O2. The summed E-state index contributed by atoms with van der Waals surface area (Å²) in [7, 11) is 0. The molecule has 0 heterocycles. The minimum absolute atomic E-state index is 0.118. The number of hydrogen-bond donors (Lipinski definition) is 1. The summed E-state index contributed by atoms with van der Waals surface area (Å²) in [5.74, 6) is -2.94. The van der Waals surface area contributed by atoms with Gasteiger partial charge in [-0.15, -0.1) is 0 Å². The van der Waals surface area contributed by atoms with Gasteiger partial charge in [0.25, 0.3) is 0 Å². The molecular weight excluding hydrogens is 238 g/mol. The minimum Gasteiger partial charge on any atom is -0.481 e. The predicted octanol–water partition coefficient (Wildman–Crippen LogP) is 5.02. The van der Waals surface area contributed by atoms with Crippen molar-refractivity contribution in [1.29, 1.82) is 0 Å². The molecule has 0 aromatic carbocycles. The van der Waals surface area contributed by atoms with Crippen molar-refractivity contribution in [1.82, 2.24) is 0 Å². The van der Waals surface area contributed by atoms with Crippen molar-refractivity contribution >= 4 is 5.97 Å². The summed E-state index contributed by atoms with van der Waals surface area (Å²) in [6.07, 6.45) is 9.59. The Morgan fingerprint density at radius 3 is 1.83 bits per heavy atom. The Morgan fingerprint density at radius 1 is 1.06 bits per heavy atom. The highest BCUT2D eigenvalue weighted by molar-refractivity contribution is 5.66. The van der Waals surface area contributed by atoms with E-state index in [1.54, 1.807) is 0 Å². The summed E-state index contributed by atoms with van der Waals surface area (Å²) in [5, 5.41) is 8.35. The number of rotatable bonds is 8. The summed E-state index contributed by atoms with van der Waals surface area (Å²) in [4.78, 5) is 10.1. The van der Waals surface area contributed by atoms with Crippen LogP contribution in [0.2, 0.25) is 0 Å². The number of carboxylic acid groups (broad SMARTS) is 1. The standard InChI is InChI=1S/C10H20O2.C4H6F2/c1-2-3-4-5-6-7-8-9-10(11)12;5-4(6)2-1-3-4/h2-9H2,1H3,(H,11,12);1-3H2. The molecule has 1 N–H and O–H groups in total. The number of alkyl halides is 2. The van der Waals surface area contributed by atoms with E-state index in [4.69, 9.17) is 5.11 Å². The van der Waals surface area contributed by atoms with Gasteiger partial charge in [0.2, 0.25) is 5.92 Å². The van der Waals surface area contributed by atoms with E-state index in [9.17, 15) is 13.6 Å². The fraction of sp³-hybridized carbons (Fsp3) is 0.929. The molecule has 108 valence electrons. The smallest absolute Gasteiger partial charge is 0.303 e. The van der Waals surface area contributed by atoms with E-state index in [0.29, 0.717) is 12.8 Å². The van der Waals surface area contributed by atoms with Gasteiger partial charge in [-0.2, -0.15) is 0 Å². The van der Waals surface area contributed by atoms with Gasteiger partial charge in [-0.1, -0.05) is 45.4 Å². The second-order valence-electron chi connectivity index (χ2n) is 4.97. The molecule has 0 radical (unpaired) electrons. The molecule has 18 heavy (non-hydrogen) atoms. The maximum absolute atomic E-state index is 11.5. The number of carboxylic acids is 1. The highest BCUT2D eigenvalue weighted by Crippen LogP contribution is 2.36. The van der Waals surface area contributed by atoms with Crippen LogP contribution in [0.4, 0.5) is 8.78 Å². The molecule has 0 aromatic rings. The Kier molecular flexibility index (Phi) is 9.89. The van der Waals surface area contributed by atoms with Crippen molar-refractivity contribution in [2.45, 2.75) is 83.5 Å². The maximum atomic E-state index is 11.5. The zero-order valence-electron chi connectivity index (χ0n) is 11.4. The minimum atomic E-state index is -2.28. The average Bonchev–Trinajstić information content (AvgIpc) is 2.26. The van der Waals surface area contributed by atoms with Crippen LogP contribution >= 0.6 is 0 Å². The predicted molar refractivity (Wildman–Crippen MR) is 69.0 cm³/mol. The van der Waals surface area contributed by atoms with Gasteiger partial charge >= 0.3 is 5.97 Å². The summed E-state index contributed by atoms with van der Waals surface area (Å²) in [5.41, 5.74) is 0. The zero-order valence-corrected chi connectivity index (χ0v) is 11.4. The number of aliphatic carboxylic acids is 1. The molecule has 0 unspecified atom stereocenters. The van der Waals surface area contributed by atoms with E-state index in [2.05, 4.69) is 6.92 Å². The van der Waals surface area contributed by atoms with Crippen LogP contribution in [-0.2, 0) is 4.79 Å². The first kappa shape index (κ1) is 17.3. The molecule has 1 aliphatic rings. The van der Waals surface area contributed by atoms with Crippen LogP contribution in [0.5, 0.6) is 0 Å². The van der Waals surface area contributed by atoms with Crippen LogP contribution in [-0.4, -0.2) is 17.0 Å². The van der Waals surface area contributed by atoms with Gasteiger partial charge in [-0.05, 0) is 12.8 Å². The third-order valence-electron chi connectivity index (χ3n) is 3.08. The molecule has 0 aromatic heterocycles. The Balaban J connectivity index is 0.000000397. The lowest BCUT2D eigenvalue weighted by Crippen LogP contribution is -2.24. The quantitative estimate of drug-likeness (QED) is 0.625. The molecule has 0 amide bonds. The van der Waals surface area contributed by atoms with Crippen molar-refractivity contribution in [3.63, 3.8) is 0 Å². The Hall–Kier alpha value is -0.670. The molecule has 0 spiro atoms. The molecule has 1 saturated carbocycles. The fourth-order valence-corrected chi connectivity index (χ4v) is 1.68. The number of unbranched alkanes of at least 4 members (excludes halogenated alkanes) is 6. The lowest BCUT2D eigenvalue weighted by Gasteiger charge is -2.23. The van der Waals surface area contributed by atoms with E-state index in [1.807, 2.05) is 0 Å². The Morgan fingerprint density at radius 2 is 1.50 bits per heavy atom. The van der Waals surface area contributed by atoms with Crippen LogP contribution in [0, 0.1) is 0 Å². The molecule has 4 heteroatoms.